The molecule has 1 aromatic heterocycles. The maximum atomic E-state index is 12.6. The van der Waals surface area contributed by atoms with Crippen molar-refractivity contribution in [3.63, 3.8) is 0 Å². The summed E-state index contributed by atoms with van der Waals surface area (Å²) in [6.07, 6.45) is 2.18. The van der Waals surface area contributed by atoms with Gasteiger partial charge in [-0.15, -0.1) is 0 Å². The summed E-state index contributed by atoms with van der Waals surface area (Å²) in [5.74, 6) is -1.34. The normalized spacial score (nSPS) is 18.0. The van der Waals surface area contributed by atoms with Crippen molar-refractivity contribution in [1.82, 2.24) is 15.2 Å². The van der Waals surface area contributed by atoms with Crippen molar-refractivity contribution in [2.75, 3.05) is 13.1 Å². The first-order chi connectivity index (χ1) is 12.0. The van der Waals surface area contributed by atoms with Crippen LogP contribution in [0.2, 0.25) is 0 Å². The smallest absolute Gasteiger partial charge is 0.318 e. The number of carbonyl (C=O) groups is 2. The summed E-state index contributed by atoms with van der Waals surface area (Å²) in [4.78, 5) is 29.7. The van der Waals surface area contributed by atoms with E-state index in [1.807, 2.05) is 49.4 Å². The minimum Gasteiger partial charge on any atom is -0.481 e. The molecule has 6 nitrogen and oxygen atoms in total. The van der Waals surface area contributed by atoms with Crippen molar-refractivity contribution in [2.24, 2.45) is 5.92 Å². The molecule has 0 bridgehead atoms. The van der Waals surface area contributed by atoms with Crippen LogP contribution in [0.1, 0.15) is 29.3 Å². The summed E-state index contributed by atoms with van der Waals surface area (Å²) in [5, 5.41) is 12.1. The molecule has 1 fully saturated rings. The standard InChI is InChI=1S/C19H21N3O3/c1-13-5-4-6-14(11-13)17(16-7-2-3-9-20-16)21-19(25)22-10-8-15(12-22)18(23)24/h2-7,9,11,15,17H,8,10,12H2,1H3,(H,21,25)(H,23,24). The maximum absolute atomic E-state index is 12.6. The van der Waals surface area contributed by atoms with Crippen LogP contribution in [-0.4, -0.2) is 40.1 Å². The second-order valence-corrected chi connectivity index (χ2v) is 6.32. The van der Waals surface area contributed by atoms with Gasteiger partial charge in [0, 0.05) is 19.3 Å². The highest BCUT2D eigenvalue weighted by Gasteiger charge is 2.32. The number of aromatic nitrogens is 1. The molecule has 2 atom stereocenters. The number of rotatable bonds is 4. The van der Waals surface area contributed by atoms with Crippen molar-refractivity contribution in [1.29, 1.82) is 0 Å². The van der Waals surface area contributed by atoms with Gasteiger partial charge in [-0.05, 0) is 31.0 Å². The van der Waals surface area contributed by atoms with Gasteiger partial charge < -0.3 is 15.3 Å². The molecule has 1 saturated heterocycles. The van der Waals surface area contributed by atoms with Crippen LogP contribution in [0, 0.1) is 12.8 Å². The van der Waals surface area contributed by atoms with Crippen molar-refractivity contribution in [2.45, 2.75) is 19.4 Å². The highest BCUT2D eigenvalue weighted by atomic mass is 16.4. The molecule has 2 aromatic rings. The van der Waals surface area contributed by atoms with E-state index >= 15 is 0 Å². The molecule has 0 spiro atoms. The number of benzene rings is 1. The average Bonchev–Trinajstić information content (AvgIpc) is 3.11. The number of carboxylic acid groups (broad SMARTS) is 1. The van der Waals surface area contributed by atoms with E-state index < -0.39 is 11.9 Å². The molecular weight excluding hydrogens is 318 g/mol. The van der Waals surface area contributed by atoms with Gasteiger partial charge in [0.2, 0.25) is 0 Å². The van der Waals surface area contributed by atoms with Crippen LogP contribution < -0.4 is 5.32 Å². The largest absolute Gasteiger partial charge is 0.481 e. The second-order valence-electron chi connectivity index (χ2n) is 6.32. The van der Waals surface area contributed by atoms with Crippen molar-refractivity contribution in [3.05, 3.63) is 65.5 Å². The van der Waals surface area contributed by atoms with Crippen LogP contribution in [0.3, 0.4) is 0 Å². The third-order valence-corrected chi connectivity index (χ3v) is 4.45. The lowest BCUT2D eigenvalue weighted by atomic mass is 10.0. The van der Waals surface area contributed by atoms with Gasteiger partial charge in [-0.25, -0.2) is 4.79 Å². The summed E-state index contributed by atoms with van der Waals surface area (Å²) in [7, 11) is 0. The Hall–Kier alpha value is -2.89. The molecule has 1 aliphatic heterocycles. The van der Waals surface area contributed by atoms with E-state index in [-0.39, 0.29) is 18.6 Å². The minimum absolute atomic E-state index is 0.240. The van der Waals surface area contributed by atoms with Gasteiger partial charge in [0.1, 0.15) is 0 Å². The number of carbonyl (C=O) groups excluding carboxylic acids is 1. The van der Waals surface area contributed by atoms with Gasteiger partial charge in [-0.3, -0.25) is 9.78 Å². The predicted molar refractivity (Wildman–Crippen MR) is 93.1 cm³/mol. The van der Waals surface area contributed by atoms with Gasteiger partial charge >= 0.3 is 12.0 Å². The summed E-state index contributed by atoms with van der Waals surface area (Å²) < 4.78 is 0. The van der Waals surface area contributed by atoms with Gasteiger partial charge in [-0.2, -0.15) is 0 Å². The lowest BCUT2D eigenvalue weighted by Crippen LogP contribution is -2.41. The topological polar surface area (TPSA) is 82.5 Å². The zero-order valence-electron chi connectivity index (χ0n) is 14.1. The quantitative estimate of drug-likeness (QED) is 0.897. The molecule has 0 aliphatic carbocycles. The molecule has 2 amide bonds. The molecule has 6 heteroatoms. The Morgan fingerprint density at radius 2 is 2.12 bits per heavy atom. The third-order valence-electron chi connectivity index (χ3n) is 4.45. The Morgan fingerprint density at radius 1 is 1.28 bits per heavy atom. The zero-order valence-corrected chi connectivity index (χ0v) is 14.1. The van der Waals surface area contributed by atoms with E-state index in [2.05, 4.69) is 10.3 Å². The summed E-state index contributed by atoms with van der Waals surface area (Å²) >= 11 is 0. The van der Waals surface area contributed by atoms with Crippen LogP contribution in [0.5, 0.6) is 0 Å². The average molecular weight is 339 g/mol. The van der Waals surface area contributed by atoms with E-state index in [9.17, 15) is 9.59 Å². The van der Waals surface area contributed by atoms with Crippen LogP contribution >= 0.6 is 0 Å². The molecule has 0 radical (unpaired) electrons. The number of pyridine rings is 1. The van der Waals surface area contributed by atoms with E-state index in [0.29, 0.717) is 13.0 Å². The van der Waals surface area contributed by atoms with Crippen molar-refractivity contribution >= 4 is 12.0 Å². The lowest BCUT2D eigenvalue weighted by molar-refractivity contribution is -0.141. The summed E-state index contributed by atoms with van der Waals surface area (Å²) in [6, 6.07) is 12.9. The Morgan fingerprint density at radius 3 is 2.76 bits per heavy atom. The molecule has 1 aliphatic rings. The van der Waals surface area contributed by atoms with E-state index in [4.69, 9.17) is 5.11 Å². The van der Waals surface area contributed by atoms with Crippen LogP contribution in [0.15, 0.2) is 48.7 Å². The molecule has 0 saturated carbocycles. The number of nitrogens with zero attached hydrogens (tertiary/aromatic N) is 2. The Labute approximate surface area is 146 Å². The fourth-order valence-corrected chi connectivity index (χ4v) is 3.09. The zero-order chi connectivity index (χ0) is 17.8. The SMILES string of the molecule is Cc1cccc(C(NC(=O)N2CCC(C(=O)O)C2)c2ccccn2)c1. The number of amides is 2. The van der Waals surface area contributed by atoms with Crippen LogP contribution in [0.4, 0.5) is 4.79 Å². The summed E-state index contributed by atoms with van der Waals surface area (Å²) in [5.41, 5.74) is 2.79. The summed E-state index contributed by atoms with van der Waals surface area (Å²) in [6.45, 7) is 2.69. The number of aryl methyl sites for hydroxylation is 1. The fraction of sp³-hybridized carbons (Fsp3) is 0.316. The van der Waals surface area contributed by atoms with E-state index in [0.717, 1.165) is 16.8 Å². The number of carboxylic acids is 1. The number of nitrogens with one attached hydrogen (secondary N) is 1. The number of hydrogen-bond donors (Lipinski definition) is 2. The van der Waals surface area contributed by atoms with Crippen LogP contribution in [-0.2, 0) is 4.79 Å². The maximum Gasteiger partial charge on any atom is 0.318 e. The van der Waals surface area contributed by atoms with Gasteiger partial charge in [0.15, 0.2) is 0 Å². The number of likely N-dealkylation sites (tertiary alicyclic amines) is 1. The third kappa shape index (κ3) is 3.96. The molecule has 2 N–H and O–H groups in total. The first-order valence-electron chi connectivity index (χ1n) is 8.30. The highest BCUT2D eigenvalue weighted by Crippen LogP contribution is 2.23. The molecule has 130 valence electrons. The first kappa shape index (κ1) is 17.0. The number of aliphatic carboxylic acids is 1. The predicted octanol–water partition coefficient (Wildman–Crippen LogP) is 2.60. The van der Waals surface area contributed by atoms with E-state index in [1.165, 1.54) is 0 Å². The Balaban J connectivity index is 1.81. The fourth-order valence-electron chi connectivity index (χ4n) is 3.09. The molecule has 1 aromatic carbocycles. The number of urea groups is 1. The Bertz CT molecular complexity index is 764. The van der Waals surface area contributed by atoms with Crippen LogP contribution in [0.25, 0.3) is 0 Å². The lowest BCUT2D eigenvalue weighted by Gasteiger charge is -2.23. The second kappa shape index (κ2) is 7.34. The molecule has 3 rings (SSSR count). The highest BCUT2D eigenvalue weighted by molar-refractivity contribution is 5.78. The molecule has 2 unspecified atom stereocenters. The number of hydrogen-bond acceptors (Lipinski definition) is 3. The molecular formula is C19H21N3O3. The minimum atomic E-state index is -0.852. The Kier molecular flexibility index (Phi) is 4.97. The van der Waals surface area contributed by atoms with Crippen molar-refractivity contribution < 1.29 is 14.7 Å². The van der Waals surface area contributed by atoms with Gasteiger partial charge in [0.25, 0.3) is 0 Å². The monoisotopic (exact) mass is 339 g/mol. The van der Waals surface area contributed by atoms with E-state index in [1.54, 1.807) is 11.1 Å². The van der Waals surface area contributed by atoms with Gasteiger partial charge in [0.05, 0.1) is 17.7 Å². The van der Waals surface area contributed by atoms with Gasteiger partial charge in [-0.1, -0.05) is 35.9 Å². The van der Waals surface area contributed by atoms with Crippen molar-refractivity contribution in [3.8, 4) is 0 Å². The first-order valence-corrected chi connectivity index (χ1v) is 8.30. The molecule has 2 heterocycles. The molecule has 25 heavy (non-hydrogen) atoms.